The van der Waals surface area contributed by atoms with Gasteiger partial charge in [0.05, 0.1) is 12.7 Å². The lowest BCUT2D eigenvalue weighted by molar-refractivity contribution is 0.0385. The van der Waals surface area contributed by atoms with Crippen molar-refractivity contribution in [3.63, 3.8) is 0 Å². The molecule has 3 aliphatic rings. The normalized spacial score (nSPS) is 26.1. The van der Waals surface area contributed by atoms with E-state index in [-0.39, 0.29) is 17.9 Å². The number of likely N-dealkylation sites (tertiary alicyclic amines) is 2. The van der Waals surface area contributed by atoms with Crippen LogP contribution in [0.2, 0.25) is 0 Å². The van der Waals surface area contributed by atoms with Crippen LogP contribution in [0.15, 0.2) is 18.3 Å². The van der Waals surface area contributed by atoms with E-state index in [0.717, 1.165) is 45.1 Å². The molecule has 3 heterocycles. The molecule has 0 aromatic carbocycles. The second-order valence-corrected chi connectivity index (χ2v) is 8.14. The van der Waals surface area contributed by atoms with Gasteiger partial charge in [0.15, 0.2) is 0 Å². The third-order valence-corrected chi connectivity index (χ3v) is 6.89. The van der Waals surface area contributed by atoms with Gasteiger partial charge in [-0.3, -0.25) is 9.69 Å². The maximum Gasteiger partial charge on any atom is 0.255 e. The van der Waals surface area contributed by atoms with Gasteiger partial charge in [0, 0.05) is 57.0 Å². The zero-order chi connectivity index (χ0) is 18.1. The minimum Gasteiger partial charge on any atom is -0.481 e. The molecule has 1 aliphatic carbocycles. The van der Waals surface area contributed by atoms with Crippen molar-refractivity contribution in [2.24, 2.45) is 11.3 Å². The first kappa shape index (κ1) is 17.7. The molecule has 142 valence electrons. The minimum atomic E-state index is 0.0457. The Morgan fingerprint density at radius 1 is 1.35 bits per heavy atom. The highest BCUT2D eigenvalue weighted by atomic mass is 16.5. The Labute approximate surface area is 155 Å². The lowest BCUT2D eigenvalue weighted by Gasteiger charge is -2.43. The van der Waals surface area contributed by atoms with Gasteiger partial charge in [-0.05, 0) is 37.2 Å². The van der Waals surface area contributed by atoms with Crippen LogP contribution in [0.3, 0.4) is 0 Å². The van der Waals surface area contributed by atoms with Gasteiger partial charge in [-0.2, -0.15) is 0 Å². The monoisotopic (exact) mass is 359 g/mol. The number of pyridine rings is 1. The summed E-state index contributed by atoms with van der Waals surface area (Å²) in [6.45, 7) is 3.91. The molecule has 1 spiro atoms. The fourth-order valence-electron chi connectivity index (χ4n) is 4.89. The van der Waals surface area contributed by atoms with Gasteiger partial charge < -0.3 is 14.7 Å². The zero-order valence-electron chi connectivity index (χ0n) is 15.6. The van der Waals surface area contributed by atoms with Crippen LogP contribution in [-0.2, 0) is 0 Å². The number of piperidine rings is 1. The molecule has 1 unspecified atom stereocenters. The first-order valence-electron chi connectivity index (χ1n) is 9.79. The lowest BCUT2D eigenvalue weighted by Crippen LogP contribution is -2.47. The molecule has 3 fully saturated rings. The number of hydrogen-bond donors (Lipinski definition) is 1. The van der Waals surface area contributed by atoms with Crippen molar-refractivity contribution in [2.45, 2.75) is 38.1 Å². The van der Waals surface area contributed by atoms with E-state index in [2.05, 4.69) is 9.88 Å². The second-order valence-electron chi connectivity index (χ2n) is 8.14. The van der Waals surface area contributed by atoms with Crippen molar-refractivity contribution in [1.29, 1.82) is 0 Å². The van der Waals surface area contributed by atoms with Crippen LogP contribution in [0.25, 0.3) is 0 Å². The Morgan fingerprint density at radius 2 is 2.12 bits per heavy atom. The van der Waals surface area contributed by atoms with E-state index in [9.17, 15) is 9.90 Å². The molecule has 0 bridgehead atoms. The Hall–Kier alpha value is -1.66. The Balaban J connectivity index is 1.40. The lowest BCUT2D eigenvalue weighted by atomic mass is 9.71. The number of methoxy groups -OCH3 is 1. The molecule has 0 radical (unpaired) electrons. The van der Waals surface area contributed by atoms with Crippen molar-refractivity contribution in [2.75, 3.05) is 39.9 Å². The highest BCUT2D eigenvalue weighted by Gasteiger charge is 2.49. The minimum absolute atomic E-state index is 0.0457. The molecule has 4 rings (SSSR count). The number of rotatable bonds is 4. The highest BCUT2D eigenvalue weighted by Crippen LogP contribution is 2.46. The third-order valence-electron chi connectivity index (χ3n) is 6.89. The summed E-state index contributed by atoms with van der Waals surface area (Å²) < 4.78 is 5.06. The number of hydrogen-bond acceptors (Lipinski definition) is 5. The Kier molecular flexibility index (Phi) is 4.88. The molecule has 1 N–H and O–H groups in total. The number of carbonyl (C=O) groups excluding carboxylic acids is 1. The van der Waals surface area contributed by atoms with Crippen LogP contribution in [0, 0.1) is 11.3 Å². The average Bonchev–Trinajstić information content (AvgIpc) is 2.98. The van der Waals surface area contributed by atoms with E-state index in [1.807, 2.05) is 4.90 Å². The SMILES string of the molecule is COc1ccc(C(=O)N2CCC3(CC2)CN(C2CCC2)CC3CO)cn1. The summed E-state index contributed by atoms with van der Waals surface area (Å²) in [5.41, 5.74) is 0.794. The van der Waals surface area contributed by atoms with Crippen LogP contribution >= 0.6 is 0 Å². The fraction of sp³-hybridized carbons (Fsp3) is 0.700. The Morgan fingerprint density at radius 3 is 2.65 bits per heavy atom. The number of ether oxygens (including phenoxy) is 1. The van der Waals surface area contributed by atoms with Crippen molar-refractivity contribution >= 4 is 5.91 Å². The van der Waals surface area contributed by atoms with Crippen molar-refractivity contribution in [3.8, 4) is 5.88 Å². The summed E-state index contributed by atoms with van der Waals surface area (Å²) in [7, 11) is 1.57. The van der Waals surface area contributed by atoms with Crippen molar-refractivity contribution < 1.29 is 14.6 Å². The second kappa shape index (κ2) is 7.16. The largest absolute Gasteiger partial charge is 0.481 e. The summed E-state index contributed by atoms with van der Waals surface area (Å²) in [5.74, 6) is 0.916. The predicted octanol–water partition coefficient (Wildman–Crippen LogP) is 1.79. The first-order chi connectivity index (χ1) is 12.6. The van der Waals surface area contributed by atoms with Gasteiger partial charge in [0.2, 0.25) is 5.88 Å². The summed E-state index contributed by atoms with van der Waals surface area (Å²) in [4.78, 5) is 21.5. The molecule has 6 heteroatoms. The molecule has 2 aliphatic heterocycles. The molecule has 1 aromatic heterocycles. The van der Waals surface area contributed by atoms with Crippen LogP contribution in [-0.4, -0.2) is 71.7 Å². The molecule has 2 saturated heterocycles. The van der Waals surface area contributed by atoms with Crippen molar-refractivity contribution in [3.05, 3.63) is 23.9 Å². The van der Waals surface area contributed by atoms with Gasteiger partial charge in [0.25, 0.3) is 5.91 Å². The van der Waals surface area contributed by atoms with E-state index in [1.165, 1.54) is 19.3 Å². The number of carbonyl (C=O) groups is 1. The summed E-state index contributed by atoms with van der Waals surface area (Å²) in [6, 6.07) is 4.24. The van der Waals surface area contributed by atoms with E-state index < -0.39 is 0 Å². The first-order valence-corrected chi connectivity index (χ1v) is 9.79. The van der Waals surface area contributed by atoms with Crippen LogP contribution in [0.4, 0.5) is 0 Å². The van der Waals surface area contributed by atoms with E-state index in [1.54, 1.807) is 25.4 Å². The molecular weight excluding hydrogens is 330 g/mol. The van der Waals surface area contributed by atoms with Gasteiger partial charge in [-0.1, -0.05) is 6.42 Å². The highest BCUT2D eigenvalue weighted by molar-refractivity contribution is 5.94. The molecule has 1 aromatic rings. The molecule has 6 nitrogen and oxygen atoms in total. The number of aliphatic hydroxyl groups excluding tert-OH is 1. The number of amides is 1. The van der Waals surface area contributed by atoms with Crippen LogP contribution in [0.1, 0.15) is 42.5 Å². The standard InChI is InChI=1S/C20H29N3O3/c1-26-18-6-5-15(11-21-18)19(25)22-9-7-20(8-10-22)14-23(12-16(20)13-24)17-3-2-4-17/h5-6,11,16-17,24H,2-4,7-10,12-14H2,1H3. The fourth-order valence-corrected chi connectivity index (χ4v) is 4.89. The van der Waals surface area contributed by atoms with Gasteiger partial charge in [0.1, 0.15) is 0 Å². The molecule has 1 amide bonds. The number of aromatic nitrogens is 1. The summed E-state index contributed by atoms with van der Waals surface area (Å²) in [6.07, 6.45) is 7.52. The molecular formula is C20H29N3O3. The zero-order valence-corrected chi connectivity index (χ0v) is 15.6. The van der Waals surface area contributed by atoms with Crippen molar-refractivity contribution in [1.82, 2.24) is 14.8 Å². The topological polar surface area (TPSA) is 65.9 Å². The van der Waals surface area contributed by atoms with Gasteiger partial charge in [-0.25, -0.2) is 4.98 Å². The summed E-state index contributed by atoms with van der Waals surface area (Å²) >= 11 is 0. The maximum absolute atomic E-state index is 12.8. The smallest absolute Gasteiger partial charge is 0.255 e. The third kappa shape index (κ3) is 3.09. The number of aliphatic hydroxyl groups is 1. The van der Waals surface area contributed by atoms with E-state index in [0.29, 0.717) is 17.4 Å². The van der Waals surface area contributed by atoms with Crippen LogP contribution < -0.4 is 4.74 Å². The predicted molar refractivity (Wildman–Crippen MR) is 98.1 cm³/mol. The van der Waals surface area contributed by atoms with E-state index >= 15 is 0 Å². The van der Waals surface area contributed by atoms with Gasteiger partial charge >= 0.3 is 0 Å². The van der Waals surface area contributed by atoms with Crippen LogP contribution in [0.5, 0.6) is 5.88 Å². The number of nitrogens with zero attached hydrogens (tertiary/aromatic N) is 3. The summed E-state index contributed by atoms with van der Waals surface area (Å²) in [5, 5.41) is 9.95. The molecule has 1 atom stereocenters. The maximum atomic E-state index is 12.8. The average molecular weight is 359 g/mol. The van der Waals surface area contributed by atoms with E-state index in [4.69, 9.17) is 4.74 Å². The molecule has 26 heavy (non-hydrogen) atoms. The Bertz CT molecular complexity index is 636. The van der Waals surface area contributed by atoms with Gasteiger partial charge in [-0.15, -0.1) is 0 Å². The molecule has 1 saturated carbocycles. The quantitative estimate of drug-likeness (QED) is 0.888.